The van der Waals surface area contributed by atoms with Crippen molar-refractivity contribution in [3.05, 3.63) is 59.8 Å². The van der Waals surface area contributed by atoms with E-state index in [0.29, 0.717) is 16.5 Å². The van der Waals surface area contributed by atoms with Crippen LogP contribution in [-0.4, -0.2) is 16.1 Å². The highest BCUT2D eigenvalue weighted by molar-refractivity contribution is 6.00. The van der Waals surface area contributed by atoms with Gasteiger partial charge in [-0.3, -0.25) is 0 Å². The highest BCUT2D eigenvalue weighted by atomic mass is 19.1. The zero-order chi connectivity index (χ0) is 14.3. The molecule has 100 valence electrons. The van der Waals surface area contributed by atoms with Gasteiger partial charge in [-0.15, -0.1) is 0 Å². The molecule has 2 aromatic carbocycles. The van der Waals surface area contributed by atoms with Crippen LogP contribution in [0.25, 0.3) is 22.0 Å². The lowest BCUT2D eigenvalue weighted by atomic mass is 10.0. The fraction of sp³-hybridized carbons (Fsp3) is 0. The van der Waals surface area contributed by atoms with Crippen LogP contribution >= 0.6 is 0 Å². The second-order valence-electron chi connectivity index (χ2n) is 4.38. The number of carbonyl (C=O) groups is 1. The van der Waals surface area contributed by atoms with Crippen molar-refractivity contribution in [2.45, 2.75) is 0 Å². The molecule has 0 radical (unpaired) electrons. The van der Waals surface area contributed by atoms with Crippen LogP contribution in [0.5, 0.6) is 0 Å². The zero-order valence-corrected chi connectivity index (χ0v) is 10.2. The van der Waals surface area contributed by atoms with Crippen molar-refractivity contribution in [3.63, 3.8) is 0 Å². The maximum atomic E-state index is 13.9. The van der Waals surface area contributed by atoms with Gasteiger partial charge in [0.25, 0.3) is 0 Å². The summed E-state index contributed by atoms with van der Waals surface area (Å²) < 4.78 is 26.8. The van der Waals surface area contributed by atoms with Gasteiger partial charge in [-0.2, -0.15) is 0 Å². The van der Waals surface area contributed by atoms with Gasteiger partial charge in [0.1, 0.15) is 17.3 Å². The number of carboxylic acid groups (broad SMARTS) is 1. The molecule has 0 aliphatic carbocycles. The standard InChI is InChI=1S/C15H9F2NO2/c16-9-4-5-10(12(17)7-9)11-3-1-2-8-6-13(15(19)20)18-14(8)11/h1-7,18H,(H,19,20). The predicted molar refractivity (Wildman–Crippen MR) is 70.6 cm³/mol. The number of H-pyrrole nitrogens is 1. The lowest BCUT2D eigenvalue weighted by Crippen LogP contribution is -1.95. The molecule has 0 saturated carbocycles. The van der Waals surface area contributed by atoms with Gasteiger partial charge in [0.05, 0.1) is 5.52 Å². The molecule has 0 atom stereocenters. The summed E-state index contributed by atoms with van der Waals surface area (Å²) in [4.78, 5) is 13.7. The maximum absolute atomic E-state index is 13.9. The summed E-state index contributed by atoms with van der Waals surface area (Å²) >= 11 is 0. The number of aromatic carboxylic acids is 1. The van der Waals surface area contributed by atoms with Crippen LogP contribution in [0.4, 0.5) is 8.78 Å². The lowest BCUT2D eigenvalue weighted by Gasteiger charge is -2.05. The molecule has 3 aromatic rings. The third kappa shape index (κ3) is 1.93. The first-order valence-corrected chi connectivity index (χ1v) is 5.87. The summed E-state index contributed by atoms with van der Waals surface area (Å²) in [6.07, 6.45) is 0. The van der Waals surface area contributed by atoms with Crippen molar-refractivity contribution in [2.24, 2.45) is 0 Å². The highest BCUT2D eigenvalue weighted by Gasteiger charge is 2.13. The van der Waals surface area contributed by atoms with Gasteiger partial charge < -0.3 is 10.1 Å². The number of aromatic amines is 1. The number of para-hydroxylation sites is 1. The number of halogens is 2. The number of fused-ring (bicyclic) bond motifs is 1. The SMILES string of the molecule is O=C(O)c1cc2cccc(-c3ccc(F)cc3F)c2[nH]1. The van der Waals surface area contributed by atoms with Crippen molar-refractivity contribution in [2.75, 3.05) is 0 Å². The van der Waals surface area contributed by atoms with Crippen LogP contribution in [0.15, 0.2) is 42.5 Å². The van der Waals surface area contributed by atoms with E-state index in [9.17, 15) is 13.6 Å². The summed E-state index contributed by atoms with van der Waals surface area (Å²) in [6, 6.07) is 9.85. The van der Waals surface area contributed by atoms with Gasteiger partial charge in [0, 0.05) is 22.6 Å². The quantitative estimate of drug-likeness (QED) is 0.746. The van der Waals surface area contributed by atoms with Gasteiger partial charge in [0.15, 0.2) is 0 Å². The Balaban J connectivity index is 2.28. The molecule has 3 nitrogen and oxygen atoms in total. The summed E-state index contributed by atoms with van der Waals surface area (Å²) in [7, 11) is 0. The van der Waals surface area contributed by atoms with E-state index in [4.69, 9.17) is 5.11 Å². The minimum absolute atomic E-state index is 0.0231. The van der Waals surface area contributed by atoms with E-state index in [2.05, 4.69) is 4.98 Å². The van der Waals surface area contributed by atoms with Crippen molar-refractivity contribution in [1.29, 1.82) is 0 Å². The van der Waals surface area contributed by atoms with Crippen LogP contribution in [0.3, 0.4) is 0 Å². The summed E-state index contributed by atoms with van der Waals surface area (Å²) in [5, 5.41) is 9.64. The van der Waals surface area contributed by atoms with Crippen LogP contribution in [0.1, 0.15) is 10.5 Å². The van der Waals surface area contributed by atoms with Gasteiger partial charge in [-0.25, -0.2) is 13.6 Å². The van der Waals surface area contributed by atoms with Crippen LogP contribution < -0.4 is 0 Å². The van der Waals surface area contributed by atoms with Gasteiger partial charge >= 0.3 is 5.97 Å². The molecule has 2 N–H and O–H groups in total. The van der Waals surface area contributed by atoms with Gasteiger partial charge in [-0.1, -0.05) is 18.2 Å². The molecule has 1 aromatic heterocycles. The topological polar surface area (TPSA) is 53.1 Å². The molecule has 0 saturated heterocycles. The van der Waals surface area contributed by atoms with E-state index < -0.39 is 17.6 Å². The third-order valence-electron chi connectivity index (χ3n) is 3.11. The normalized spacial score (nSPS) is 10.9. The molecular formula is C15H9F2NO2. The number of hydrogen-bond acceptors (Lipinski definition) is 1. The number of benzene rings is 2. The van der Waals surface area contributed by atoms with Crippen molar-refractivity contribution in [1.82, 2.24) is 4.98 Å². The number of hydrogen-bond donors (Lipinski definition) is 2. The molecule has 3 rings (SSSR count). The number of aromatic nitrogens is 1. The third-order valence-corrected chi connectivity index (χ3v) is 3.11. The van der Waals surface area contributed by atoms with Crippen LogP contribution in [-0.2, 0) is 0 Å². The van der Waals surface area contributed by atoms with Crippen LogP contribution in [0, 0.1) is 11.6 Å². The van der Waals surface area contributed by atoms with Gasteiger partial charge in [0.2, 0.25) is 0 Å². The Kier molecular flexibility index (Phi) is 2.75. The van der Waals surface area contributed by atoms with Crippen molar-refractivity contribution in [3.8, 4) is 11.1 Å². The molecule has 0 amide bonds. The molecule has 0 bridgehead atoms. The van der Waals surface area contributed by atoms with Gasteiger partial charge in [-0.05, 0) is 18.2 Å². The summed E-state index contributed by atoms with van der Waals surface area (Å²) in [5.41, 5.74) is 1.24. The average Bonchev–Trinajstić information content (AvgIpc) is 2.83. The van der Waals surface area contributed by atoms with E-state index in [0.717, 1.165) is 12.1 Å². The molecule has 0 spiro atoms. The van der Waals surface area contributed by atoms with Crippen molar-refractivity contribution < 1.29 is 18.7 Å². The molecule has 20 heavy (non-hydrogen) atoms. The molecular weight excluding hydrogens is 264 g/mol. The summed E-state index contributed by atoms with van der Waals surface area (Å²) in [5.74, 6) is -2.44. The minimum atomic E-state index is -1.09. The second-order valence-corrected chi connectivity index (χ2v) is 4.38. The van der Waals surface area contributed by atoms with Crippen molar-refractivity contribution >= 4 is 16.9 Å². The minimum Gasteiger partial charge on any atom is -0.477 e. The molecule has 0 aliphatic heterocycles. The molecule has 0 unspecified atom stereocenters. The van der Waals surface area contributed by atoms with E-state index in [1.54, 1.807) is 18.2 Å². The molecule has 1 heterocycles. The highest BCUT2D eigenvalue weighted by Crippen LogP contribution is 2.30. The maximum Gasteiger partial charge on any atom is 0.352 e. The van der Waals surface area contributed by atoms with E-state index in [1.807, 2.05) is 0 Å². The smallest absolute Gasteiger partial charge is 0.352 e. The number of carboxylic acids is 1. The fourth-order valence-electron chi connectivity index (χ4n) is 2.20. The predicted octanol–water partition coefficient (Wildman–Crippen LogP) is 3.81. The Morgan fingerprint density at radius 3 is 2.55 bits per heavy atom. The number of nitrogens with one attached hydrogen (secondary N) is 1. The van der Waals surface area contributed by atoms with E-state index >= 15 is 0 Å². The van der Waals surface area contributed by atoms with Crippen LogP contribution in [0.2, 0.25) is 0 Å². The van der Waals surface area contributed by atoms with E-state index in [-0.39, 0.29) is 11.3 Å². The molecule has 0 fully saturated rings. The second kappa shape index (κ2) is 4.45. The first kappa shape index (κ1) is 12.3. The Bertz CT molecular complexity index is 824. The Morgan fingerprint density at radius 1 is 1.05 bits per heavy atom. The first-order chi connectivity index (χ1) is 9.56. The monoisotopic (exact) mass is 273 g/mol. The first-order valence-electron chi connectivity index (χ1n) is 5.87. The van der Waals surface area contributed by atoms with E-state index in [1.165, 1.54) is 12.1 Å². The molecule has 5 heteroatoms. The largest absolute Gasteiger partial charge is 0.477 e. The Labute approximate surface area is 112 Å². The average molecular weight is 273 g/mol. The molecule has 0 aliphatic rings. The summed E-state index contributed by atoms with van der Waals surface area (Å²) in [6.45, 7) is 0. The lowest BCUT2D eigenvalue weighted by molar-refractivity contribution is 0.0691. The zero-order valence-electron chi connectivity index (χ0n) is 10.2. The Morgan fingerprint density at radius 2 is 1.85 bits per heavy atom. The number of rotatable bonds is 2. The fourth-order valence-corrected chi connectivity index (χ4v) is 2.20. The Hall–Kier alpha value is -2.69.